The molecule has 0 bridgehead atoms. The number of rotatable bonds is 3. The maximum absolute atomic E-state index is 11.7. The van der Waals surface area contributed by atoms with Crippen molar-refractivity contribution in [1.29, 1.82) is 0 Å². The van der Waals surface area contributed by atoms with Crippen LogP contribution in [-0.4, -0.2) is 12.6 Å². The van der Waals surface area contributed by atoms with Crippen molar-refractivity contribution in [3.8, 4) is 0 Å². The lowest BCUT2D eigenvalue weighted by atomic mass is 10.0. The third-order valence-electron chi connectivity index (χ3n) is 3.94. The summed E-state index contributed by atoms with van der Waals surface area (Å²) in [6, 6.07) is 9.15. The van der Waals surface area contributed by atoms with Crippen LogP contribution in [0.1, 0.15) is 23.2 Å². The van der Waals surface area contributed by atoms with E-state index >= 15 is 0 Å². The van der Waals surface area contributed by atoms with Gasteiger partial charge in [-0.05, 0) is 36.8 Å². The molecule has 0 N–H and O–H groups in total. The molecule has 2 aliphatic rings. The molecule has 88 valence electrons. The molecule has 0 heterocycles. The highest BCUT2D eigenvalue weighted by Gasteiger charge is 2.48. The number of hydrogen-bond acceptors (Lipinski definition) is 2. The number of esters is 1. The van der Waals surface area contributed by atoms with Crippen LogP contribution in [0, 0.1) is 17.8 Å². The molecule has 2 nitrogen and oxygen atoms in total. The van der Waals surface area contributed by atoms with Crippen LogP contribution >= 0.6 is 0 Å². The van der Waals surface area contributed by atoms with Crippen molar-refractivity contribution in [3.05, 3.63) is 48.0 Å². The normalized spacial score (nSPS) is 29.9. The molecule has 3 rings (SSSR count). The van der Waals surface area contributed by atoms with Crippen molar-refractivity contribution < 1.29 is 9.53 Å². The van der Waals surface area contributed by atoms with Crippen molar-refractivity contribution in [2.75, 3.05) is 6.61 Å². The van der Waals surface area contributed by atoms with E-state index in [-0.39, 0.29) is 5.97 Å². The Hall–Kier alpha value is -1.57. The number of carbonyl (C=O) groups excluding carboxylic acids is 1. The Morgan fingerprint density at radius 3 is 2.71 bits per heavy atom. The van der Waals surface area contributed by atoms with Crippen LogP contribution in [0.15, 0.2) is 42.5 Å². The van der Waals surface area contributed by atoms with Gasteiger partial charge >= 0.3 is 5.97 Å². The molecule has 2 saturated carbocycles. The molecule has 17 heavy (non-hydrogen) atoms. The van der Waals surface area contributed by atoms with E-state index in [1.54, 1.807) is 12.1 Å². The Balaban J connectivity index is 1.55. The monoisotopic (exact) mass is 228 g/mol. The molecular weight excluding hydrogens is 212 g/mol. The van der Waals surface area contributed by atoms with E-state index in [2.05, 4.69) is 6.58 Å². The largest absolute Gasteiger partial charge is 0.461 e. The van der Waals surface area contributed by atoms with Gasteiger partial charge < -0.3 is 4.74 Å². The standard InChI is InChI=1S/C15H16O2/c1-10-13(7-12-8-14(10)12)9-17-15(16)11-5-3-2-4-6-11/h2-6,12-14H,1,7-9H2/t12?,13-,14?/m0/s1. The first-order valence-corrected chi connectivity index (χ1v) is 6.16. The summed E-state index contributed by atoms with van der Waals surface area (Å²) >= 11 is 0. The summed E-state index contributed by atoms with van der Waals surface area (Å²) in [6.07, 6.45) is 2.47. The van der Waals surface area contributed by atoms with Crippen LogP contribution in [0.4, 0.5) is 0 Å². The van der Waals surface area contributed by atoms with Crippen LogP contribution in [0.25, 0.3) is 0 Å². The van der Waals surface area contributed by atoms with Gasteiger partial charge in [0.05, 0.1) is 12.2 Å². The van der Waals surface area contributed by atoms with E-state index in [0.717, 1.165) is 18.3 Å². The molecular formula is C15H16O2. The Bertz CT molecular complexity index is 449. The zero-order valence-corrected chi connectivity index (χ0v) is 9.76. The molecule has 0 amide bonds. The molecule has 3 atom stereocenters. The quantitative estimate of drug-likeness (QED) is 0.587. The van der Waals surface area contributed by atoms with Gasteiger partial charge in [0.2, 0.25) is 0 Å². The summed E-state index contributed by atoms with van der Waals surface area (Å²) in [5.41, 5.74) is 1.93. The Morgan fingerprint density at radius 1 is 1.29 bits per heavy atom. The molecule has 0 spiro atoms. The molecule has 1 aromatic carbocycles. The van der Waals surface area contributed by atoms with Crippen molar-refractivity contribution >= 4 is 5.97 Å². The fraction of sp³-hybridized carbons (Fsp3) is 0.400. The highest BCUT2D eigenvalue weighted by atomic mass is 16.5. The van der Waals surface area contributed by atoms with E-state index in [9.17, 15) is 4.79 Å². The van der Waals surface area contributed by atoms with Gasteiger partial charge in [-0.3, -0.25) is 0 Å². The molecule has 0 aromatic heterocycles. The first kappa shape index (κ1) is 10.6. The first-order valence-electron chi connectivity index (χ1n) is 6.16. The van der Waals surface area contributed by atoms with Gasteiger partial charge in [0, 0.05) is 5.92 Å². The van der Waals surface area contributed by atoms with E-state index < -0.39 is 0 Å². The molecule has 2 fully saturated rings. The van der Waals surface area contributed by atoms with Crippen LogP contribution in [0.2, 0.25) is 0 Å². The lowest BCUT2D eigenvalue weighted by Gasteiger charge is -2.14. The van der Waals surface area contributed by atoms with Gasteiger partial charge in [0.15, 0.2) is 0 Å². The van der Waals surface area contributed by atoms with Crippen LogP contribution in [-0.2, 0) is 4.74 Å². The maximum atomic E-state index is 11.7. The lowest BCUT2D eigenvalue weighted by molar-refractivity contribution is 0.0457. The summed E-state index contributed by atoms with van der Waals surface area (Å²) in [6.45, 7) is 4.62. The van der Waals surface area contributed by atoms with Crippen molar-refractivity contribution in [2.45, 2.75) is 12.8 Å². The molecule has 0 saturated heterocycles. The van der Waals surface area contributed by atoms with E-state index in [1.807, 2.05) is 18.2 Å². The van der Waals surface area contributed by atoms with Crippen LogP contribution in [0.5, 0.6) is 0 Å². The molecule has 2 aliphatic carbocycles. The van der Waals surface area contributed by atoms with Crippen molar-refractivity contribution in [3.63, 3.8) is 0 Å². The van der Waals surface area contributed by atoms with Gasteiger partial charge in [-0.15, -0.1) is 0 Å². The van der Waals surface area contributed by atoms with Gasteiger partial charge in [0.25, 0.3) is 0 Å². The van der Waals surface area contributed by atoms with E-state index in [0.29, 0.717) is 18.1 Å². The van der Waals surface area contributed by atoms with E-state index in [1.165, 1.54) is 12.0 Å². The first-order chi connectivity index (χ1) is 8.25. The number of fused-ring (bicyclic) bond motifs is 1. The average Bonchev–Trinajstić information content (AvgIpc) is 3.07. The zero-order valence-electron chi connectivity index (χ0n) is 9.76. The minimum atomic E-state index is -0.223. The zero-order chi connectivity index (χ0) is 11.8. The smallest absolute Gasteiger partial charge is 0.338 e. The number of carbonyl (C=O) groups is 1. The summed E-state index contributed by atoms with van der Waals surface area (Å²) < 4.78 is 5.35. The molecule has 2 unspecified atom stereocenters. The number of benzene rings is 1. The van der Waals surface area contributed by atoms with Gasteiger partial charge in [0.1, 0.15) is 0 Å². The number of ether oxygens (including phenoxy) is 1. The van der Waals surface area contributed by atoms with Crippen molar-refractivity contribution in [1.82, 2.24) is 0 Å². The fourth-order valence-electron chi connectivity index (χ4n) is 2.79. The predicted molar refractivity (Wildman–Crippen MR) is 65.6 cm³/mol. The van der Waals surface area contributed by atoms with Crippen molar-refractivity contribution in [2.24, 2.45) is 17.8 Å². The van der Waals surface area contributed by atoms with E-state index in [4.69, 9.17) is 4.74 Å². The van der Waals surface area contributed by atoms with Crippen LogP contribution < -0.4 is 0 Å². The van der Waals surface area contributed by atoms with Gasteiger partial charge in [-0.2, -0.15) is 0 Å². The molecule has 2 heteroatoms. The third-order valence-corrected chi connectivity index (χ3v) is 3.94. The minimum Gasteiger partial charge on any atom is -0.461 e. The highest BCUT2D eigenvalue weighted by Crippen LogP contribution is 2.57. The Kier molecular flexibility index (Phi) is 2.50. The second kappa shape index (κ2) is 4.02. The second-order valence-corrected chi connectivity index (χ2v) is 5.07. The van der Waals surface area contributed by atoms with Gasteiger partial charge in [-0.1, -0.05) is 30.4 Å². The second-order valence-electron chi connectivity index (χ2n) is 5.07. The molecule has 0 radical (unpaired) electrons. The SMILES string of the molecule is C=C1C2CC2C[C@H]1COC(=O)c1ccccc1. The average molecular weight is 228 g/mol. The topological polar surface area (TPSA) is 26.3 Å². The summed E-state index contributed by atoms with van der Waals surface area (Å²) in [5.74, 6) is 1.74. The van der Waals surface area contributed by atoms with Gasteiger partial charge in [-0.25, -0.2) is 4.79 Å². The Labute approximate surface area is 101 Å². The minimum absolute atomic E-state index is 0.223. The fourth-order valence-corrected chi connectivity index (χ4v) is 2.79. The summed E-state index contributed by atoms with van der Waals surface area (Å²) in [5, 5.41) is 0. The maximum Gasteiger partial charge on any atom is 0.338 e. The third kappa shape index (κ3) is 1.99. The Morgan fingerprint density at radius 2 is 2.06 bits per heavy atom. The highest BCUT2D eigenvalue weighted by molar-refractivity contribution is 5.89. The van der Waals surface area contributed by atoms with Crippen LogP contribution in [0.3, 0.4) is 0 Å². The lowest BCUT2D eigenvalue weighted by Crippen LogP contribution is -2.14. The molecule has 0 aliphatic heterocycles. The molecule has 1 aromatic rings. The summed E-state index contributed by atoms with van der Waals surface area (Å²) in [7, 11) is 0. The summed E-state index contributed by atoms with van der Waals surface area (Å²) in [4.78, 5) is 11.7. The number of hydrogen-bond donors (Lipinski definition) is 0. The predicted octanol–water partition coefficient (Wildman–Crippen LogP) is 3.06.